The zero-order valence-electron chi connectivity index (χ0n) is 7.99. The molecule has 0 aromatic heterocycles. The smallest absolute Gasteiger partial charge is 0.294 e. The van der Waals surface area contributed by atoms with Crippen LogP contribution in [0, 0.1) is 11.8 Å². The van der Waals surface area contributed by atoms with Crippen LogP contribution in [0.2, 0.25) is 0 Å². The summed E-state index contributed by atoms with van der Waals surface area (Å²) in [7, 11) is 0. The summed E-state index contributed by atoms with van der Waals surface area (Å²) in [5.41, 5.74) is -0.0799. The maximum atomic E-state index is 12.0. The van der Waals surface area contributed by atoms with Crippen molar-refractivity contribution in [2.75, 3.05) is 19.6 Å². The van der Waals surface area contributed by atoms with Gasteiger partial charge in [-0.05, 0) is 24.8 Å². The quantitative estimate of drug-likeness (QED) is 0.620. The van der Waals surface area contributed by atoms with Crippen LogP contribution < -0.4 is 0 Å². The van der Waals surface area contributed by atoms with Crippen molar-refractivity contribution in [1.29, 1.82) is 0 Å². The molecule has 1 fully saturated rings. The normalized spacial score (nSPS) is 24.7. The first kappa shape index (κ1) is 10.8. The van der Waals surface area contributed by atoms with Gasteiger partial charge in [0.25, 0.3) is 0 Å². The largest absolute Gasteiger partial charge is 0.401 e. The highest BCUT2D eigenvalue weighted by atomic mass is 19.4. The van der Waals surface area contributed by atoms with Crippen molar-refractivity contribution in [1.82, 2.24) is 4.90 Å². The molecule has 0 atom stereocenters. The Morgan fingerprint density at radius 2 is 2.00 bits per heavy atom. The Bertz CT molecular complexity index is 172. The third-order valence-corrected chi connectivity index (χ3v) is 2.18. The molecule has 1 nitrogen and oxygen atoms in total. The van der Waals surface area contributed by atoms with Gasteiger partial charge in [-0.3, -0.25) is 4.90 Å². The maximum Gasteiger partial charge on any atom is 0.401 e. The first-order valence-corrected chi connectivity index (χ1v) is 4.42. The number of hydrogen-bond donors (Lipinski definition) is 0. The van der Waals surface area contributed by atoms with Gasteiger partial charge < -0.3 is 0 Å². The van der Waals surface area contributed by atoms with Gasteiger partial charge in [0.2, 0.25) is 0 Å². The van der Waals surface area contributed by atoms with E-state index in [1.807, 2.05) is 13.8 Å². The molecule has 4 heteroatoms. The minimum Gasteiger partial charge on any atom is -0.294 e. The van der Waals surface area contributed by atoms with Crippen LogP contribution in [0.1, 0.15) is 20.3 Å². The molecule has 1 radical (unpaired) electrons. The summed E-state index contributed by atoms with van der Waals surface area (Å²) in [4.78, 5) is 1.47. The van der Waals surface area contributed by atoms with E-state index >= 15 is 0 Å². The van der Waals surface area contributed by atoms with Gasteiger partial charge in [-0.15, -0.1) is 0 Å². The SMILES string of the molecule is CC1(C)[CH]CCN(CC(F)(F)F)C1. The first-order valence-electron chi connectivity index (χ1n) is 4.42. The van der Waals surface area contributed by atoms with Crippen LogP contribution in [0.3, 0.4) is 0 Å². The molecule has 77 valence electrons. The number of likely N-dealkylation sites (tertiary alicyclic amines) is 1. The Balaban J connectivity index is 2.44. The summed E-state index contributed by atoms with van der Waals surface area (Å²) in [6.45, 7) is 4.20. The molecular formula is C9H15F3N. The third-order valence-electron chi connectivity index (χ3n) is 2.18. The van der Waals surface area contributed by atoms with Gasteiger partial charge >= 0.3 is 6.18 Å². The standard InChI is InChI=1S/C9H15F3N/c1-8(2)4-3-5-13(6-8)7-9(10,11)12/h4H,3,5-7H2,1-2H3. The average molecular weight is 194 g/mol. The molecule has 0 bridgehead atoms. The first-order chi connectivity index (χ1) is 5.79. The van der Waals surface area contributed by atoms with Crippen molar-refractivity contribution in [2.24, 2.45) is 5.41 Å². The van der Waals surface area contributed by atoms with Crippen LogP contribution in [0.5, 0.6) is 0 Å². The minimum atomic E-state index is -4.06. The third kappa shape index (κ3) is 3.98. The summed E-state index contributed by atoms with van der Waals surface area (Å²) in [5, 5.41) is 0. The molecule has 1 aliphatic heterocycles. The Morgan fingerprint density at radius 3 is 2.46 bits per heavy atom. The van der Waals surface area contributed by atoms with Crippen molar-refractivity contribution < 1.29 is 13.2 Å². The highest BCUT2D eigenvalue weighted by molar-refractivity contribution is 4.92. The number of halogens is 3. The summed E-state index contributed by atoms with van der Waals surface area (Å²) in [5.74, 6) is 0. The lowest BCUT2D eigenvalue weighted by Gasteiger charge is -2.37. The van der Waals surface area contributed by atoms with Crippen LogP contribution in [-0.2, 0) is 0 Å². The fourth-order valence-electron chi connectivity index (χ4n) is 1.75. The fraction of sp³-hybridized carbons (Fsp3) is 0.889. The van der Waals surface area contributed by atoms with Crippen LogP contribution in [0.4, 0.5) is 13.2 Å². The van der Waals surface area contributed by atoms with Gasteiger partial charge in [-0.2, -0.15) is 13.2 Å². The van der Waals surface area contributed by atoms with Crippen LogP contribution in [0.25, 0.3) is 0 Å². The lowest BCUT2D eigenvalue weighted by Crippen LogP contribution is -2.44. The molecule has 1 heterocycles. The van der Waals surface area contributed by atoms with E-state index in [2.05, 4.69) is 6.42 Å². The summed E-state index contributed by atoms with van der Waals surface area (Å²) in [6, 6.07) is 0. The second-order valence-corrected chi connectivity index (χ2v) is 4.31. The monoisotopic (exact) mass is 194 g/mol. The van der Waals surface area contributed by atoms with Crippen LogP contribution in [0.15, 0.2) is 0 Å². The van der Waals surface area contributed by atoms with Crippen LogP contribution in [-0.4, -0.2) is 30.7 Å². The Kier molecular flexibility index (Phi) is 2.90. The van der Waals surface area contributed by atoms with E-state index in [0.717, 1.165) is 6.42 Å². The number of piperidine rings is 1. The zero-order valence-corrected chi connectivity index (χ0v) is 7.99. The molecule has 0 saturated carbocycles. The molecule has 0 amide bonds. The molecule has 0 spiro atoms. The predicted molar refractivity (Wildman–Crippen MR) is 45.2 cm³/mol. The van der Waals surface area contributed by atoms with E-state index in [-0.39, 0.29) is 5.41 Å². The topological polar surface area (TPSA) is 3.24 Å². The van der Waals surface area contributed by atoms with E-state index in [1.165, 1.54) is 4.90 Å². The lowest BCUT2D eigenvalue weighted by molar-refractivity contribution is -0.149. The van der Waals surface area contributed by atoms with E-state index in [4.69, 9.17) is 0 Å². The van der Waals surface area contributed by atoms with Gasteiger partial charge in [0.05, 0.1) is 6.54 Å². The molecule has 1 aliphatic rings. The lowest BCUT2D eigenvalue weighted by atomic mass is 9.84. The van der Waals surface area contributed by atoms with Crippen molar-refractivity contribution in [3.8, 4) is 0 Å². The van der Waals surface area contributed by atoms with E-state index in [9.17, 15) is 13.2 Å². The van der Waals surface area contributed by atoms with E-state index < -0.39 is 12.7 Å². The van der Waals surface area contributed by atoms with Gasteiger partial charge in [0, 0.05) is 6.54 Å². The molecule has 1 saturated heterocycles. The molecular weight excluding hydrogens is 179 g/mol. The summed E-state index contributed by atoms with van der Waals surface area (Å²) in [6.07, 6.45) is -1.21. The predicted octanol–water partition coefficient (Wildman–Crippen LogP) is 2.48. The molecule has 0 N–H and O–H groups in total. The number of nitrogens with zero attached hydrogens (tertiary/aromatic N) is 1. The Hall–Kier alpha value is -0.250. The van der Waals surface area contributed by atoms with Gasteiger partial charge in [-0.25, -0.2) is 0 Å². The minimum absolute atomic E-state index is 0.0799. The Morgan fingerprint density at radius 1 is 1.38 bits per heavy atom. The van der Waals surface area contributed by atoms with Gasteiger partial charge in [0.15, 0.2) is 0 Å². The molecule has 0 aliphatic carbocycles. The Labute approximate surface area is 76.9 Å². The maximum absolute atomic E-state index is 12.0. The van der Waals surface area contributed by atoms with Crippen molar-refractivity contribution in [3.63, 3.8) is 0 Å². The summed E-state index contributed by atoms with van der Waals surface area (Å²) >= 11 is 0. The second kappa shape index (κ2) is 3.48. The fourth-order valence-corrected chi connectivity index (χ4v) is 1.75. The number of alkyl halides is 3. The van der Waals surface area contributed by atoms with Gasteiger partial charge in [-0.1, -0.05) is 13.8 Å². The number of rotatable bonds is 1. The van der Waals surface area contributed by atoms with Crippen molar-refractivity contribution in [2.45, 2.75) is 26.4 Å². The zero-order chi connectivity index (χ0) is 10.1. The molecule has 0 unspecified atom stereocenters. The molecule has 0 aromatic carbocycles. The van der Waals surface area contributed by atoms with Crippen molar-refractivity contribution in [3.05, 3.63) is 6.42 Å². The molecule has 1 rings (SSSR count). The van der Waals surface area contributed by atoms with E-state index in [1.54, 1.807) is 0 Å². The van der Waals surface area contributed by atoms with Gasteiger partial charge in [0.1, 0.15) is 0 Å². The second-order valence-electron chi connectivity index (χ2n) is 4.31. The van der Waals surface area contributed by atoms with Crippen molar-refractivity contribution >= 4 is 0 Å². The molecule has 13 heavy (non-hydrogen) atoms. The van der Waals surface area contributed by atoms with E-state index in [0.29, 0.717) is 13.1 Å². The van der Waals surface area contributed by atoms with Crippen LogP contribution >= 0.6 is 0 Å². The number of hydrogen-bond acceptors (Lipinski definition) is 1. The summed E-state index contributed by atoms with van der Waals surface area (Å²) < 4.78 is 36.1. The average Bonchev–Trinajstić information content (AvgIpc) is 1.79. The molecule has 0 aromatic rings. The highest BCUT2D eigenvalue weighted by Crippen LogP contribution is 2.29. The highest BCUT2D eigenvalue weighted by Gasteiger charge is 2.35.